The fourth-order valence-corrected chi connectivity index (χ4v) is 5.98. The van der Waals surface area contributed by atoms with E-state index < -0.39 is 0 Å². The first kappa shape index (κ1) is 29.5. The molecule has 0 saturated heterocycles. The molecule has 1 aliphatic rings. The van der Waals surface area contributed by atoms with Gasteiger partial charge in [-0.2, -0.15) is 0 Å². The van der Waals surface area contributed by atoms with E-state index in [1.807, 2.05) is 0 Å². The normalized spacial score (nSPS) is 31.6. The summed E-state index contributed by atoms with van der Waals surface area (Å²) in [7, 11) is 0. The van der Waals surface area contributed by atoms with Crippen LogP contribution >= 0.6 is 0 Å². The third kappa shape index (κ3) is 12.6. The second kappa shape index (κ2) is 16.1. The Hall–Kier alpha value is -0.560. The maximum atomic E-state index is 7.03. The molecule has 1 saturated carbocycles. The number of hydrogen-bond donors (Lipinski definition) is 1. The molecule has 188 valence electrons. The zero-order valence-electron chi connectivity index (χ0n) is 23.2. The lowest BCUT2D eigenvalue weighted by atomic mass is 9.78. The van der Waals surface area contributed by atoms with Gasteiger partial charge in [0.25, 0.3) is 0 Å². The van der Waals surface area contributed by atoms with Crippen molar-refractivity contribution in [3.8, 4) is 0 Å². The minimum Gasteiger partial charge on any atom is -0.325 e. The highest BCUT2D eigenvalue weighted by molar-refractivity contribution is 5.36. The number of rotatable bonds is 9. The molecule has 0 amide bonds. The number of unbranched alkanes of at least 4 members (excludes halogenated alkanes) is 6. The van der Waals surface area contributed by atoms with Gasteiger partial charge in [0.2, 0.25) is 0 Å². The molecular weight excluding hydrogens is 386 g/mol. The summed E-state index contributed by atoms with van der Waals surface area (Å²) in [6.45, 7) is 16.8. The Morgan fingerprint density at radius 3 is 2.28 bits per heavy atom. The Bertz CT molecular complexity index is 553. The van der Waals surface area contributed by atoms with Crippen LogP contribution < -0.4 is 5.73 Å². The minimum absolute atomic E-state index is 0.110. The Labute approximate surface area is 203 Å². The maximum Gasteiger partial charge on any atom is 0.0169 e. The van der Waals surface area contributed by atoms with Crippen molar-refractivity contribution in [3.63, 3.8) is 0 Å². The van der Waals surface area contributed by atoms with Gasteiger partial charge in [-0.15, -0.1) is 0 Å². The molecule has 0 radical (unpaired) electrons. The van der Waals surface area contributed by atoms with Crippen LogP contribution in [-0.2, 0) is 0 Å². The summed E-state index contributed by atoms with van der Waals surface area (Å²) >= 11 is 0. The molecule has 32 heavy (non-hydrogen) atoms. The summed E-state index contributed by atoms with van der Waals surface area (Å²) in [5.41, 5.74) is 11.9. The quantitative estimate of drug-likeness (QED) is 0.351. The molecule has 1 fully saturated rings. The lowest BCUT2D eigenvalue weighted by molar-refractivity contribution is 0.297. The van der Waals surface area contributed by atoms with E-state index in [0.29, 0.717) is 5.92 Å². The molecule has 0 aliphatic heterocycles. The molecule has 3 unspecified atom stereocenters. The second-order valence-electron chi connectivity index (χ2n) is 12.0. The lowest BCUT2D eigenvalue weighted by Gasteiger charge is -2.32. The van der Waals surface area contributed by atoms with Crippen molar-refractivity contribution in [2.45, 2.75) is 157 Å². The van der Waals surface area contributed by atoms with Gasteiger partial charge in [-0.05, 0) is 94.1 Å². The summed E-state index contributed by atoms with van der Waals surface area (Å²) in [4.78, 5) is 0. The first-order valence-corrected chi connectivity index (χ1v) is 14.3. The highest BCUT2D eigenvalue weighted by Crippen LogP contribution is 2.36. The summed E-state index contributed by atoms with van der Waals surface area (Å²) in [6, 6.07) is 0. The lowest BCUT2D eigenvalue weighted by Crippen LogP contribution is -2.38. The van der Waals surface area contributed by atoms with Crippen molar-refractivity contribution < 1.29 is 0 Å². The molecule has 0 aromatic rings. The monoisotopic (exact) mass is 445 g/mol. The Balaban J connectivity index is 3.23. The van der Waals surface area contributed by atoms with Crippen LogP contribution in [0.4, 0.5) is 0 Å². The van der Waals surface area contributed by atoms with Crippen molar-refractivity contribution in [2.24, 2.45) is 23.5 Å². The SMILES string of the molecule is CCCCC/C=C1\CC(C)(N)C[C@@H](C)CC(C)CCCC(C)C\C1=C(/C)CCCCCC. The smallest absolute Gasteiger partial charge is 0.0169 e. The van der Waals surface area contributed by atoms with Gasteiger partial charge in [0.15, 0.2) is 0 Å². The third-order valence-corrected chi connectivity index (χ3v) is 7.67. The van der Waals surface area contributed by atoms with Crippen molar-refractivity contribution in [2.75, 3.05) is 0 Å². The van der Waals surface area contributed by atoms with E-state index in [-0.39, 0.29) is 5.54 Å². The Morgan fingerprint density at radius 2 is 1.59 bits per heavy atom. The van der Waals surface area contributed by atoms with Gasteiger partial charge in [0.05, 0.1) is 0 Å². The van der Waals surface area contributed by atoms with Crippen molar-refractivity contribution in [1.82, 2.24) is 0 Å². The molecule has 0 spiro atoms. The number of nitrogens with two attached hydrogens (primary N) is 1. The van der Waals surface area contributed by atoms with E-state index in [1.165, 1.54) is 89.9 Å². The maximum absolute atomic E-state index is 7.03. The average Bonchev–Trinajstić information content (AvgIpc) is 2.70. The van der Waals surface area contributed by atoms with Crippen LogP contribution in [0.15, 0.2) is 22.8 Å². The molecule has 2 N–H and O–H groups in total. The van der Waals surface area contributed by atoms with Gasteiger partial charge in [0.1, 0.15) is 0 Å². The molecule has 1 rings (SSSR count). The number of allylic oxidation sites excluding steroid dienone is 3. The van der Waals surface area contributed by atoms with E-state index >= 15 is 0 Å². The molecule has 0 bridgehead atoms. The average molecular weight is 446 g/mol. The largest absolute Gasteiger partial charge is 0.325 e. The van der Waals surface area contributed by atoms with E-state index in [0.717, 1.165) is 24.7 Å². The zero-order chi connectivity index (χ0) is 24.0. The molecule has 1 aliphatic carbocycles. The summed E-state index contributed by atoms with van der Waals surface area (Å²) in [5.74, 6) is 2.30. The van der Waals surface area contributed by atoms with Crippen LogP contribution in [0.25, 0.3) is 0 Å². The number of hydrogen-bond acceptors (Lipinski definition) is 1. The Kier molecular flexibility index (Phi) is 14.9. The van der Waals surface area contributed by atoms with Crippen LogP contribution in [0.1, 0.15) is 151 Å². The van der Waals surface area contributed by atoms with Gasteiger partial charge < -0.3 is 5.73 Å². The van der Waals surface area contributed by atoms with Crippen LogP contribution in [0, 0.1) is 17.8 Å². The van der Waals surface area contributed by atoms with Crippen LogP contribution in [0.2, 0.25) is 0 Å². The molecule has 0 aromatic heterocycles. The van der Waals surface area contributed by atoms with E-state index in [4.69, 9.17) is 5.73 Å². The minimum atomic E-state index is -0.110. The molecule has 1 heteroatoms. The first-order valence-electron chi connectivity index (χ1n) is 14.3. The highest BCUT2D eigenvalue weighted by atomic mass is 14.7. The third-order valence-electron chi connectivity index (χ3n) is 7.67. The molecule has 4 atom stereocenters. The summed E-state index contributed by atoms with van der Waals surface area (Å²) in [6.07, 6.45) is 23.3. The summed E-state index contributed by atoms with van der Waals surface area (Å²) in [5, 5.41) is 0. The molecule has 1 nitrogen and oxygen atoms in total. The van der Waals surface area contributed by atoms with Crippen LogP contribution in [-0.4, -0.2) is 5.54 Å². The van der Waals surface area contributed by atoms with Crippen molar-refractivity contribution in [1.29, 1.82) is 0 Å². The van der Waals surface area contributed by atoms with Crippen molar-refractivity contribution >= 4 is 0 Å². The fourth-order valence-electron chi connectivity index (χ4n) is 5.98. The molecular formula is C31H59N. The van der Waals surface area contributed by atoms with E-state index in [1.54, 1.807) is 16.7 Å². The van der Waals surface area contributed by atoms with Crippen LogP contribution in [0.3, 0.4) is 0 Å². The van der Waals surface area contributed by atoms with Gasteiger partial charge in [0, 0.05) is 5.54 Å². The van der Waals surface area contributed by atoms with Gasteiger partial charge in [-0.25, -0.2) is 0 Å². The van der Waals surface area contributed by atoms with E-state index in [2.05, 4.69) is 54.5 Å². The second-order valence-corrected chi connectivity index (χ2v) is 12.0. The highest BCUT2D eigenvalue weighted by Gasteiger charge is 2.27. The van der Waals surface area contributed by atoms with Crippen molar-refractivity contribution in [3.05, 3.63) is 22.8 Å². The Morgan fingerprint density at radius 1 is 0.938 bits per heavy atom. The van der Waals surface area contributed by atoms with Crippen LogP contribution in [0.5, 0.6) is 0 Å². The summed E-state index contributed by atoms with van der Waals surface area (Å²) < 4.78 is 0. The fraction of sp³-hybridized carbons (Fsp3) is 0.871. The zero-order valence-corrected chi connectivity index (χ0v) is 23.2. The van der Waals surface area contributed by atoms with Gasteiger partial charge >= 0.3 is 0 Å². The standard InChI is InChI=1S/C31H59N/c1-8-10-12-14-19-28(6)30-22-26(4)18-16-17-25(3)21-27(5)23-31(7,32)24-29(30)20-15-13-11-9-2/h20,25-27H,8-19,21-24,32H2,1-7H3/b29-20+,30-28-/t25?,26?,27-,31?/m0/s1. The van der Waals surface area contributed by atoms with Gasteiger partial charge in [-0.1, -0.05) is 97.6 Å². The molecule has 0 heterocycles. The topological polar surface area (TPSA) is 26.0 Å². The predicted octanol–water partition coefficient (Wildman–Crippen LogP) is 10.1. The van der Waals surface area contributed by atoms with Gasteiger partial charge in [-0.3, -0.25) is 0 Å². The molecule has 0 aromatic carbocycles. The first-order chi connectivity index (χ1) is 15.2. The predicted molar refractivity (Wildman–Crippen MR) is 146 cm³/mol. The van der Waals surface area contributed by atoms with E-state index in [9.17, 15) is 0 Å².